The van der Waals surface area contributed by atoms with E-state index in [9.17, 15) is 8.78 Å². The van der Waals surface area contributed by atoms with Gasteiger partial charge < -0.3 is 5.73 Å². The number of rotatable bonds is 0. The molecule has 12 heavy (non-hydrogen) atoms. The monoisotopic (exact) mass is 178 g/mol. The van der Waals surface area contributed by atoms with Crippen LogP contribution >= 0.6 is 0 Å². The molecule has 1 rings (SSSR count). The zero-order valence-electron chi connectivity index (χ0n) is 7.72. The number of hydrogen-bond donors (Lipinski definition) is 1. The minimum Gasteiger partial charge on any atom is -0.322 e. The molecule has 0 bridgehead atoms. The first-order valence-corrected chi connectivity index (χ1v) is 4.14. The van der Waals surface area contributed by atoms with Crippen molar-refractivity contribution < 1.29 is 8.78 Å². The Labute approximate surface area is 71.7 Å². The van der Waals surface area contributed by atoms with Gasteiger partial charge in [-0.25, -0.2) is 8.78 Å². The molecule has 0 saturated carbocycles. The van der Waals surface area contributed by atoms with Crippen LogP contribution < -0.4 is 5.73 Å². The molecule has 1 saturated heterocycles. The zero-order chi connectivity index (χ0) is 9.52. The van der Waals surface area contributed by atoms with Crippen LogP contribution in [0.2, 0.25) is 0 Å². The minimum atomic E-state index is -1.35. The number of halogens is 2. The van der Waals surface area contributed by atoms with E-state index in [0.717, 1.165) is 0 Å². The van der Waals surface area contributed by atoms with Gasteiger partial charge in [0.25, 0.3) is 0 Å². The molecule has 1 fully saturated rings. The highest BCUT2D eigenvalue weighted by Gasteiger charge is 2.44. The molecular weight excluding hydrogens is 162 g/mol. The van der Waals surface area contributed by atoms with Crippen LogP contribution in [0.4, 0.5) is 8.78 Å². The fourth-order valence-corrected chi connectivity index (χ4v) is 1.43. The lowest BCUT2D eigenvalue weighted by atomic mass is 10.1. The van der Waals surface area contributed by atoms with E-state index in [2.05, 4.69) is 0 Å². The van der Waals surface area contributed by atoms with E-state index >= 15 is 0 Å². The first-order valence-electron chi connectivity index (χ1n) is 4.14. The van der Waals surface area contributed by atoms with E-state index in [1.807, 2.05) is 20.8 Å². The summed E-state index contributed by atoms with van der Waals surface area (Å²) in [5.41, 5.74) is 4.97. The Balaban J connectivity index is 2.71. The lowest BCUT2D eigenvalue weighted by Crippen LogP contribution is -2.46. The van der Waals surface area contributed by atoms with Crippen LogP contribution in [-0.4, -0.2) is 35.5 Å². The van der Waals surface area contributed by atoms with Gasteiger partial charge in [0.15, 0.2) is 6.30 Å². The van der Waals surface area contributed by atoms with Crippen molar-refractivity contribution in [3.8, 4) is 0 Å². The third kappa shape index (κ3) is 1.59. The van der Waals surface area contributed by atoms with Crippen LogP contribution in [-0.2, 0) is 0 Å². The van der Waals surface area contributed by atoms with Crippen LogP contribution in [0.15, 0.2) is 0 Å². The molecule has 0 aliphatic carbocycles. The lowest BCUT2D eigenvalue weighted by Gasteiger charge is -2.33. The Morgan fingerprint density at radius 1 is 1.33 bits per heavy atom. The van der Waals surface area contributed by atoms with Crippen molar-refractivity contribution in [2.24, 2.45) is 5.73 Å². The fraction of sp³-hybridized carbons (Fsp3) is 1.00. The Morgan fingerprint density at radius 3 is 2.00 bits per heavy atom. The summed E-state index contributed by atoms with van der Waals surface area (Å²) >= 11 is 0. The van der Waals surface area contributed by atoms with Crippen molar-refractivity contribution >= 4 is 0 Å². The Morgan fingerprint density at radius 2 is 1.83 bits per heavy atom. The highest BCUT2D eigenvalue weighted by atomic mass is 19.2. The topological polar surface area (TPSA) is 29.3 Å². The Hall–Kier alpha value is -0.220. The van der Waals surface area contributed by atoms with Crippen LogP contribution in [0, 0.1) is 0 Å². The van der Waals surface area contributed by atoms with E-state index in [4.69, 9.17) is 5.73 Å². The molecule has 1 aliphatic rings. The van der Waals surface area contributed by atoms with Gasteiger partial charge >= 0.3 is 0 Å². The zero-order valence-corrected chi connectivity index (χ0v) is 7.72. The Bertz CT molecular complexity index is 167. The summed E-state index contributed by atoms with van der Waals surface area (Å²) in [6.45, 7) is 5.66. The maximum Gasteiger partial charge on any atom is 0.172 e. The molecule has 0 aromatic carbocycles. The predicted molar refractivity (Wildman–Crippen MR) is 44.2 cm³/mol. The summed E-state index contributed by atoms with van der Waals surface area (Å²) < 4.78 is 26.2. The van der Waals surface area contributed by atoms with Crippen molar-refractivity contribution in [2.75, 3.05) is 6.54 Å². The second-order valence-electron chi connectivity index (χ2n) is 4.29. The minimum absolute atomic E-state index is 0.103. The molecular formula is C8H16F2N2. The molecule has 0 radical (unpaired) electrons. The SMILES string of the molecule is CC(C)(C)N1CC(F)[C@@H](N)C1F. The van der Waals surface area contributed by atoms with Gasteiger partial charge in [0.05, 0.1) is 6.04 Å². The average molecular weight is 178 g/mol. The predicted octanol–water partition coefficient (Wildman–Crippen LogP) is 1.06. The fourth-order valence-electron chi connectivity index (χ4n) is 1.43. The molecule has 1 heterocycles. The summed E-state index contributed by atoms with van der Waals surface area (Å²) in [5.74, 6) is 0. The molecule has 2 N–H and O–H groups in total. The van der Waals surface area contributed by atoms with Crippen LogP contribution in [0.1, 0.15) is 20.8 Å². The van der Waals surface area contributed by atoms with E-state index in [1.165, 1.54) is 4.90 Å². The number of nitrogens with zero attached hydrogens (tertiary/aromatic N) is 1. The van der Waals surface area contributed by atoms with E-state index in [1.54, 1.807) is 0 Å². The molecule has 0 aromatic heterocycles. The molecule has 0 aromatic rings. The highest BCUT2D eigenvalue weighted by molar-refractivity contribution is 4.95. The molecule has 4 heteroatoms. The number of alkyl halides is 2. The lowest BCUT2D eigenvalue weighted by molar-refractivity contribution is 0.0368. The molecule has 1 aliphatic heterocycles. The Kier molecular flexibility index (Phi) is 2.40. The van der Waals surface area contributed by atoms with Gasteiger partial charge in [0, 0.05) is 12.1 Å². The van der Waals surface area contributed by atoms with Crippen LogP contribution in [0.3, 0.4) is 0 Å². The van der Waals surface area contributed by atoms with Crippen molar-refractivity contribution in [2.45, 2.75) is 44.8 Å². The standard InChI is InChI=1S/C8H16F2N2/c1-8(2,3)12-4-5(9)6(11)7(12)10/h5-7H,4,11H2,1-3H3/t5?,6-,7?/m1/s1. The largest absolute Gasteiger partial charge is 0.322 e. The van der Waals surface area contributed by atoms with Gasteiger partial charge in [-0.2, -0.15) is 0 Å². The maximum absolute atomic E-state index is 13.3. The normalized spacial score (nSPS) is 39.0. The summed E-state index contributed by atoms with van der Waals surface area (Å²) in [6.07, 6.45) is -2.58. The first kappa shape index (κ1) is 9.86. The van der Waals surface area contributed by atoms with Crippen molar-refractivity contribution in [1.82, 2.24) is 4.90 Å². The number of hydrogen-bond acceptors (Lipinski definition) is 2. The maximum atomic E-state index is 13.3. The van der Waals surface area contributed by atoms with Gasteiger partial charge in [0.1, 0.15) is 6.17 Å². The quantitative estimate of drug-likeness (QED) is 0.562. The van der Waals surface area contributed by atoms with Crippen molar-refractivity contribution in [3.63, 3.8) is 0 Å². The summed E-state index contributed by atoms with van der Waals surface area (Å²) in [7, 11) is 0. The molecule has 72 valence electrons. The van der Waals surface area contributed by atoms with Crippen LogP contribution in [0.5, 0.6) is 0 Å². The van der Waals surface area contributed by atoms with Crippen molar-refractivity contribution in [1.29, 1.82) is 0 Å². The number of likely N-dealkylation sites (tertiary alicyclic amines) is 1. The number of nitrogens with two attached hydrogens (primary N) is 1. The van der Waals surface area contributed by atoms with E-state index < -0.39 is 18.5 Å². The molecule has 0 amide bonds. The van der Waals surface area contributed by atoms with Crippen LogP contribution in [0.25, 0.3) is 0 Å². The smallest absolute Gasteiger partial charge is 0.172 e. The van der Waals surface area contributed by atoms with Crippen molar-refractivity contribution in [3.05, 3.63) is 0 Å². The third-order valence-corrected chi connectivity index (χ3v) is 2.27. The second kappa shape index (κ2) is 2.92. The van der Waals surface area contributed by atoms with E-state index in [0.29, 0.717) is 0 Å². The summed E-state index contributed by atoms with van der Waals surface area (Å²) in [4.78, 5) is 1.46. The first-order chi connectivity index (χ1) is 5.34. The molecule has 2 unspecified atom stereocenters. The van der Waals surface area contributed by atoms with Gasteiger partial charge in [-0.15, -0.1) is 0 Å². The van der Waals surface area contributed by atoms with Gasteiger partial charge in [0.2, 0.25) is 0 Å². The molecule has 2 nitrogen and oxygen atoms in total. The van der Waals surface area contributed by atoms with Gasteiger partial charge in [-0.3, -0.25) is 4.90 Å². The second-order valence-corrected chi connectivity index (χ2v) is 4.29. The van der Waals surface area contributed by atoms with E-state index in [-0.39, 0.29) is 12.1 Å². The third-order valence-electron chi connectivity index (χ3n) is 2.27. The van der Waals surface area contributed by atoms with Gasteiger partial charge in [-0.1, -0.05) is 0 Å². The average Bonchev–Trinajstić information content (AvgIpc) is 2.15. The van der Waals surface area contributed by atoms with Gasteiger partial charge in [-0.05, 0) is 20.8 Å². The summed E-state index contributed by atoms with van der Waals surface area (Å²) in [5, 5.41) is 0. The molecule has 3 atom stereocenters. The summed E-state index contributed by atoms with van der Waals surface area (Å²) in [6, 6.07) is -0.982. The highest BCUT2D eigenvalue weighted by Crippen LogP contribution is 2.28. The molecule has 0 spiro atoms.